The van der Waals surface area contributed by atoms with E-state index >= 15 is 0 Å². The van der Waals surface area contributed by atoms with E-state index in [1.807, 2.05) is 0 Å². The smallest absolute Gasteiger partial charge is 0.269 e. The van der Waals surface area contributed by atoms with Crippen LogP contribution in [0.15, 0.2) is 24.3 Å². The maximum Gasteiger partial charge on any atom is 0.269 e. The Bertz CT molecular complexity index is 458. The van der Waals surface area contributed by atoms with Crippen molar-refractivity contribution < 1.29 is 9.72 Å². The molecule has 2 rings (SSSR count). The highest BCUT2D eigenvalue weighted by Crippen LogP contribution is 2.12. The van der Waals surface area contributed by atoms with Gasteiger partial charge in [0.05, 0.1) is 10.8 Å². The molecule has 1 aromatic rings. The van der Waals surface area contributed by atoms with Crippen molar-refractivity contribution in [1.29, 1.82) is 0 Å². The minimum absolute atomic E-state index is 0. The number of nitro benzene ring substituents is 1. The van der Waals surface area contributed by atoms with Gasteiger partial charge in [0.15, 0.2) is 0 Å². The molecular weight excluding hydrogens is 282 g/mol. The van der Waals surface area contributed by atoms with Gasteiger partial charge >= 0.3 is 0 Å². The summed E-state index contributed by atoms with van der Waals surface area (Å²) in [7, 11) is 0. The first kappa shape index (κ1) is 16.4. The second-order valence-electron chi connectivity index (χ2n) is 4.65. The molecule has 0 bridgehead atoms. The van der Waals surface area contributed by atoms with Gasteiger partial charge in [0, 0.05) is 25.2 Å². The molecule has 0 spiro atoms. The quantitative estimate of drug-likeness (QED) is 0.634. The number of rotatable bonds is 5. The molecule has 2 N–H and O–H groups in total. The van der Waals surface area contributed by atoms with Gasteiger partial charge in [-0.05, 0) is 24.9 Å². The second-order valence-corrected chi connectivity index (χ2v) is 4.65. The second kappa shape index (κ2) is 7.81. The van der Waals surface area contributed by atoms with E-state index in [2.05, 4.69) is 10.6 Å². The molecule has 1 atom stereocenters. The minimum Gasteiger partial charge on any atom is -0.355 e. The van der Waals surface area contributed by atoms with E-state index in [9.17, 15) is 14.9 Å². The summed E-state index contributed by atoms with van der Waals surface area (Å²) in [6.07, 6.45) is 1.58. The fraction of sp³-hybridized carbons (Fsp3) is 0.462. The van der Waals surface area contributed by atoms with Gasteiger partial charge in [-0.15, -0.1) is 12.4 Å². The van der Waals surface area contributed by atoms with Crippen molar-refractivity contribution in [1.82, 2.24) is 10.6 Å². The molecule has 1 unspecified atom stereocenters. The van der Waals surface area contributed by atoms with E-state index < -0.39 is 4.92 Å². The Balaban J connectivity index is 0.00000200. The molecule has 0 aliphatic carbocycles. The Morgan fingerprint density at radius 1 is 1.40 bits per heavy atom. The number of nitrogens with one attached hydrogen (secondary N) is 2. The number of hydrogen-bond donors (Lipinski definition) is 2. The molecular formula is C13H18ClN3O3. The first-order valence-electron chi connectivity index (χ1n) is 6.38. The molecule has 1 aromatic carbocycles. The summed E-state index contributed by atoms with van der Waals surface area (Å²) in [5.74, 6) is 0.170. The number of hydrogen-bond acceptors (Lipinski definition) is 4. The predicted octanol–water partition coefficient (Wildman–Crippen LogP) is 1.28. The number of nitrogens with zero attached hydrogens (tertiary/aromatic N) is 1. The minimum atomic E-state index is -0.418. The average molecular weight is 300 g/mol. The zero-order chi connectivity index (χ0) is 13.7. The molecule has 6 nitrogen and oxygen atoms in total. The normalized spacial score (nSPS) is 17.3. The molecule has 1 aliphatic heterocycles. The van der Waals surface area contributed by atoms with E-state index in [1.54, 1.807) is 12.1 Å². The molecule has 7 heteroatoms. The lowest BCUT2D eigenvalue weighted by Crippen LogP contribution is -2.33. The molecule has 1 saturated heterocycles. The fourth-order valence-electron chi connectivity index (χ4n) is 2.14. The van der Waals surface area contributed by atoms with Crippen LogP contribution < -0.4 is 10.6 Å². The van der Waals surface area contributed by atoms with Crippen LogP contribution in [-0.4, -0.2) is 30.5 Å². The Kier molecular flexibility index (Phi) is 6.41. The van der Waals surface area contributed by atoms with Gasteiger partial charge in [-0.1, -0.05) is 12.1 Å². The molecule has 0 radical (unpaired) electrons. The first-order valence-corrected chi connectivity index (χ1v) is 6.38. The molecule has 0 saturated carbocycles. The van der Waals surface area contributed by atoms with E-state index in [1.165, 1.54) is 12.1 Å². The Hall–Kier alpha value is -1.66. The van der Waals surface area contributed by atoms with Crippen molar-refractivity contribution in [3.8, 4) is 0 Å². The van der Waals surface area contributed by atoms with Crippen LogP contribution in [-0.2, 0) is 11.2 Å². The van der Waals surface area contributed by atoms with Crippen molar-refractivity contribution in [3.63, 3.8) is 0 Å². The van der Waals surface area contributed by atoms with E-state index in [-0.39, 0.29) is 29.9 Å². The van der Waals surface area contributed by atoms with Crippen molar-refractivity contribution >= 4 is 24.0 Å². The van der Waals surface area contributed by atoms with E-state index in [4.69, 9.17) is 0 Å². The standard InChI is InChI=1S/C13H17N3O3.ClH/c17-13(11-6-7-14-9-11)15-8-5-10-1-3-12(4-2-10)16(18)19;/h1-4,11,14H,5-9H2,(H,15,17);1H. The number of benzene rings is 1. The lowest BCUT2D eigenvalue weighted by molar-refractivity contribution is -0.384. The third kappa shape index (κ3) is 4.47. The van der Waals surface area contributed by atoms with Crippen molar-refractivity contribution in [2.24, 2.45) is 5.92 Å². The highest BCUT2D eigenvalue weighted by molar-refractivity contribution is 5.85. The summed E-state index contributed by atoms with van der Waals surface area (Å²) in [4.78, 5) is 21.8. The number of carbonyl (C=O) groups is 1. The Morgan fingerprint density at radius 3 is 2.65 bits per heavy atom. The number of carbonyl (C=O) groups excluding carboxylic acids is 1. The number of halogens is 1. The number of nitro groups is 1. The Morgan fingerprint density at radius 2 is 2.10 bits per heavy atom. The summed E-state index contributed by atoms with van der Waals surface area (Å²) in [5, 5.41) is 16.6. The highest BCUT2D eigenvalue weighted by atomic mass is 35.5. The summed E-state index contributed by atoms with van der Waals surface area (Å²) in [5.41, 5.74) is 1.07. The van der Waals surface area contributed by atoms with Crippen LogP contribution >= 0.6 is 12.4 Å². The molecule has 0 aromatic heterocycles. The van der Waals surface area contributed by atoms with Gasteiger partial charge in [0.25, 0.3) is 5.69 Å². The average Bonchev–Trinajstić information content (AvgIpc) is 2.93. The molecule has 1 heterocycles. The van der Waals surface area contributed by atoms with Crippen LogP contribution in [0.4, 0.5) is 5.69 Å². The third-order valence-corrected chi connectivity index (χ3v) is 3.29. The SMILES string of the molecule is Cl.O=C(NCCc1ccc([N+](=O)[O-])cc1)C1CCNC1. The van der Waals surface area contributed by atoms with Crippen LogP contribution in [0.3, 0.4) is 0 Å². The highest BCUT2D eigenvalue weighted by Gasteiger charge is 2.21. The third-order valence-electron chi connectivity index (χ3n) is 3.29. The molecule has 1 amide bonds. The maximum atomic E-state index is 11.7. The molecule has 20 heavy (non-hydrogen) atoms. The lowest BCUT2D eigenvalue weighted by Gasteiger charge is -2.09. The van der Waals surface area contributed by atoms with Crippen LogP contribution in [0.25, 0.3) is 0 Å². The van der Waals surface area contributed by atoms with Crippen LogP contribution in [0.1, 0.15) is 12.0 Å². The van der Waals surface area contributed by atoms with Crippen LogP contribution in [0.5, 0.6) is 0 Å². The number of non-ortho nitro benzene ring substituents is 1. The monoisotopic (exact) mass is 299 g/mol. The van der Waals surface area contributed by atoms with Gasteiger partial charge in [0.1, 0.15) is 0 Å². The first-order chi connectivity index (χ1) is 9.16. The zero-order valence-electron chi connectivity index (χ0n) is 11.0. The maximum absolute atomic E-state index is 11.7. The molecule has 1 fully saturated rings. The zero-order valence-corrected chi connectivity index (χ0v) is 11.8. The fourth-order valence-corrected chi connectivity index (χ4v) is 2.14. The lowest BCUT2D eigenvalue weighted by atomic mass is 10.1. The largest absolute Gasteiger partial charge is 0.355 e. The van der Waals surface area contributed by atoms with Gasteiger partial charge in [-0.3, -0.25) is 14.9 Å². The number of amides is 1. The molecule has 1 aliphatic rings. The van der Waals surface area contributed by atoms with Gasteiger partial charge in [-0.25, -0.2) is 0 Å². The van der Waals surface area contributed by atoms with Gasteiger partial charge in [0.2, 0.25) is 5.91 Å². The summed E-state index contributed by atoms with van der Waals surface area (Å²) in [6, 6.07) is 6.42. The summed E-state index contributed by atoms with van der Waals surface area (Å²) in [6.45, 7) is 2.22. The van der Waals surface area contributed by atoms with E-state index in [0.717, 1.165) is 25.1 Å². The van der Waals surface area contributed by atoms with Crippen molar-refractivity contribution in [2.45, 2.75) is 12.8 Å². The summed E-state index contributed by atoms with van der Waals surface area (Å²) < 4.78 is 0. The van der Waals surface area contributed by atoms with Crippen LogP contribution in [0.2, 0.25) is 0 Å². The Labute approximate surface area is 123 Å². The predicted molar refractivity (Wildman–Crippen MR) is 78.0 cm³/mol. The van der Waals surface area contributed by atoms with Crippen molar-refractivity contribution in [2.75, 3.05) is 19.6 Å². The topological polar surface area (TPSA) is 84.3 Å². The van der Waals surface area contributed by atoms with E-state index in [0.29, 0.717) is 13.0 Å². The molecule has 110 valence electrons. The van der Waals surface area contributed by atoms with Gasteiger partial charge < -0.3 is 10.6 Å². The van der Waals surface area contributed by atoms with Crippen LogP contribution in [0, 0.1) is 16.0 Å². The van der Waals surface area contributed by atoms with Crippen molar-refractivity contribution in [3.05, 3.63) is 39.9 Å². The summed E-state index contributed by atoms with van der Waals surface area (Å²) >= 11 is 0. The van der Waals surface area contributed by atoms with Gasteiger partial charge in [-0.2, -0.15) is 0 Å².